The molecule has 0 radical (unpaired) electrons. The van der Waals surface area contributed by atoms with Crippen molar-refractivity contribution in [3.05, 3.63) is 30.0 Å². The van der Waals surface area contributed by atoms with Crippen LogP contribution in [0, 0.1) is 5.92 Å². The molecule has 0 bridgehead atoms. The van der Waals surface area contributed by atoms with Crippen molar-refractivity contribution in [2.24, 2.45) is 11.7 Å². The quantitative estimate of drug-likeness (QED) is 0.797. The maximum absolute atomic E-state index is 6.16. The molecule has 0 amide bonds. The molecular formula is C21H29NO3. The van der Waals surface area contributed by atoms with E-state index < -0.39 is 0 Å². The number of benzene rings is 1. The van der Waals surface area contributed by atoms with E-state index in [1.807, 2.05) is 13.0 Å². The van der Waals surface area contributed by atoms with Crippen molar-refractivity contribution in [1.29, 1.82) is 0 Å². The van der Waals surface area contributed by atoms with Gasteiger partial charge in [0.05, 0.1) is 19.3 Å². The van der Waals surface area contributed by atoms with Crippen LogP contribution in [0.2, 0.25) is 0 Å². The lowest BCUT2D eigenvalue weighted by atomic mass is 9.86. The Morgan fingerprint density at radius 3 is 2.64 bits per heavy atom. The van der Waals surface area contributed by atoms with Crippen molar-refractivity contribution in [2.45, 2.75) is 63.5 Å². The molecular weight excluding hydrogens is 314 g/mol. The lowest BCUT2D eigenvalue weighted by Crippen LogP contribution is -2.28. The molecule has 136 valence electrons. The molecule has 2 aliphatic rings. The molecule has 0 aliphatic heterocycles. The van der Waals surface area contributed by atoms with Crippen molar-refractivity contribution >= 4 is 11.0 Å². The fraction of sp³-hybridized carbons (Fsp3) is 0.619. The van der Waals surface area contributed by atoms with E-state index in [4.69, 9.17) is 19.6 Å². The molecule has 1 atom stereocenters. The van der Waals surface area contributed by atoms with E-state index in [9.17, 15) is 0 Å². The van der Waals surface area contributed by atoms with Gasteiger partial charge in [-0.25, -0.2) is 0 Å². The lowest BCUT2D eigenvalue weighted by Gasteiger charge is -2.27. The van der Waals surface area contributed by atoms with Gasteiger partial charge < -0.3 is 19.6 Å². The Hall–Kier alpha value is -1.52. The van der Waals surface area contributed by atoms with Crippen LogP contribution in [-0.4, -0.2) is 25.4 Å². The topological polar surface area (TPSA) is 57.6 Å². The van der Waals surface area contributed by atoms with E-state index in [0.717, 1.165) is 55.3 Å². The Labute approximate surface area is 149 Å². The van der Waals surface area contributed by atoms with E-state index in [-0.39, 0.29) is 6.04 Å². The smallest absolute Gasteiger partial charge is 0.137 e. The summed E-state index contributed by atoms with van der Waals surface area (Å²) in [5.74, 6) is 3.30. The molecule has 2 aliphatic carbocycles. The number of fused-ring (bicyclic) bond motifs is 1. The van der Waals surface area contributed by atoms with Crippen LogP contribution in [-0.2, 0) is 4.74 Å². The van der Waals surface area contributed by atoms with Crippen LogP contribution >= 0.6 is 0 Å². The molecule has 2 fully saturated rings. The van der Waals surface area contributed by atoms with Gasteiger partial charge in [0, 0.05) is 23.4 Å². The summed E-state index contributed by atoms with van der Waals surface area (Å²) >= 11 is 0. The van der Waals surface area contributed by atoms with Crippen LogP contribution in [0.25, 0.3) is 11.0 Å². The summed E-state index contributed by atoms with van der Waals surface area (Å²) in [5.41, 5.74) is 6.72. The molecule has 2 aromatic rings. The fourth-order valence-corrected chi connectivity index (χ4v) is 3.62. The third-order valence-corrected chi connectivity index (χ3v) is 5.36. The Morgan fingerprint density at radius 1 is 1.12 bits per heavy atom. The van der Waals surface area contributed by atoms with Gasteiger partial charge in [-0.15, -0.1) is 0 Å². The molecule has 25 heavy (non-hydrogen) atoms. The van der Waals surface area contributed by atoms with E-state index >= 15 is 0 Å². The van der Waals surface area contributed by atoms with Crippen LogP contribution in [0.5, 0.6) is 5.75 Å². The Balaban J connectivity index is 1.36. The third kappa shape index (κ3) is 4.36. The highest BCUT2D eigenvalue weighted by Gasteiger charge is 2.26. The predicted molar refractivity (Wildman–Crippen MR) is 99.0 cm³/mol. The Kier molecular flexibility index (Phi) is 5.00. The summed E-state index contributed by atoms with van der Waals surface area (Å²) < 4.78 is 17.9. The summed E-state index contributed by atoms with van der Waals surface area (Å²) in [6.45, 7) is 3.48. The molecule has 0 spiro atoms. The first-order valence-corrected chi connectivity index (χ1v) is 9.71. The number of furan rings is 1. The minimum atomic E-state index is 0.115. The molecule has 1 aromatic heterocycles. The summed E-state index contributed by atoms with van der Waals surface area (Å²) in [5, 5.41) is 1.17. The summed E-state index contributed by atoms with van der Waals surface area (Å²) in [4.78, 5) is 0. The molecule has 1 aromatic carbocycles. The molecule has 1 heterocycles. The second kappa shape index (κ2) is 7.38. The second-order valence-electron chi connectivity index (χ2n) is 7.89. The maximum Gasteiger partial charge on any atom is 0.137 e. The van der Waals surface area contributed by atoms with Gasteiger partial charge in [0.25, 0.3) is 0 Å². The largest absolute Gasteiger partial charge is 0.493 e. The number of ether oxygens (including phenoxy) is 2. The van der Waals surface area contributed by atoms with Crippen molar-refractivity contribution in [3.63, 3.8) is 0 Å². The minimum Gasteiger partial charge on any atom is -0.493 e. The van der Waals surface area contributed by atoms with E-state index in [0.29, 0.717) is 18.6 Å². The van der Waals surface area contributed by atoms with Crippen LogP contribution in [0.15, 0.2) is 28.7 Å². The first-order chi connectivity index (χ1) is 12.2. The van der Waals surface area contributed by atoms with Gasteiger partial charge in [0.15, 0.2) is 0 Å². The van der Waals surface area contributed by atoms with Crippen molar-refractivity contribution in [3.8, 4) is 5.75 Å². The minimum absolute atomic E-state index is 0.115. The van der Waals surface area contributed by atoms with E-state index in [1.165, 1.54) is 18.2 Å². The van der Waals surface area contributed by atoms with Crippen LogP contribution in [0.4, 0.5) is 0 Å². The highest BCUT2D eigenvalue weighted by atomic mass is 16.5. The zero-order chi connectivity index (χ0) is 17.2. The van der Waals surface area contributed by atoms with Crippen LogP contribution in [0.3, 0.4) is 0 Å². The Bertz CT molecular complexity index is 696. The first kappa shape index (κ1) is 16.9. The average Bonchev–Trinajstić information content (AvgIpc) is 3.35. The third-order valence-electron chi connectivity index (χ3n) is 5.36. The number of hydrogen-bond acceptors (Lipinski definition) is 4. The molecule has 4 heteroatoms. The van der Waals surface area contributed by atoms with E-state index in [1.54, 1.807) is 0 Å². The van der Waals surface area contributed by atoms with Gasteiger partial charge in [0.2, 0.25) is 0 Å². The average molecular weight is 343 g/mol. The van der Waals surface area contributed by atoms with Crippen molar-refractivity contribution in [1.82, 2.24) is 0 Å². The van der Waals surface area contributed by atoms with Crippen molar-refractivity contribution in [2.75, 3.05) is 13.2 Å². The van der Waals surface area contributed by atoms with Crippen LogP contribution in [0.1, 0.15) is 57.1 Å². The number of rotatable bonds is 7. The van der Waals surface area contributed by atoms with Gasteiger partial charge in [-0.3, -0.25) is 0 Å². The normalized spacial score (nSPS) is 25.2. The fourth-order valence-electron chi connectivity index (χ4n) is 3.62. The highest BCUT2D eigenvalue weighted by molar-refractivity contribution is 5.79. The van der Waals surface area contributed by atoms with Gasteiger partial charge in [-0.1, -0.05) is 0 Å². The Morgan fingerprint density at radius 2 is 1.92 bits per heavy atom. The molecule has 0 saturated heterocycles. The molecule has 4 nitrogen and oxygen atoms in total. The van der Waals surface area contributed by atoms with Crippen LogP contribution < -0.4 is 10.5 Å². The lowest BCUT2D eigenvalue weighted by molar-refractivity contribution is 0.0182. The zero-order valence-corrected chi connectivity index (χ0v) is 15.1. The SMILES string of the molecule is CC(N)COC1CCC(c2cc3ccc(OCC4CC4)cc3o2)CC1. The maximum atomic E-state index is 6.16. The van der Waals surface area contributed by atoms with Crippen molar-refractivity contribution < 1.29 is 13.9 Å². The zero-order valence-electron chi connectivity index (χ0n) is 15.1. The summed E-state index contributed by atoms with van der Waals surface area (Å²) in [6.07, 6.45) is 7.39. The second-order valence-corrected chi connectivity index (χ2v) is 7.89. The molecule has 4 rings (SSSR count). The van der Waals surface area contributed by atoms with Gasteiger partial charge in [-0.05, 0) is 69.6 Å². The molecule has 2 N–H and O–H groups in total. The summed E-state index contributed by atoms with van der Waals surface area (Å²) in [6, 6.07) is 8.53. The number of nitrogens with two attached hydrogens (primary N) is 1. The molecule has 1 unspecified atom stereocenters. The van der Waals surface area contributed by atoms with E-state index in [2.05, 4.69) is 18.2 Å². The highest BCUT2D eigenvalue weighted by Crippen LogP contribution is 2.37. The van der Waals surface area contributed by atoms with Gasteiger partial charge >= 0.3 is 0 Å². The summed E-state index contributed by atoms with van der Waals surface area (Å²) in [7, 11) is 0. The molecule has 2 saturated carbocycles. The standard InChI is InChI=1S/C21H29NO3/c1-14(22)12-23-18-7-4-16(5-8-18)20-10-17-6-9-19(11-21(17)25-20)24-13-15-2-3-15/h6,9-11,14-16,18H,2-5,7-8,12-13,22H2,1H3. The van der Waals surface area contributed by atoms with Gasteiger partial charge in [0.1, 0.15) is 17.1 Å². The predicted octanol–water partition coefficient (Wildman–Crippen LogP) is 4.61. The monoisotopic (exact) mass is 343 g/mol. The first-order valence-electron chi connectivity index (χ1n) is 9.71. The van der Waals surface area contributed by atoms with Gasteiger partial charge in [-0.2, -0.15) is 0 Å². The number of hydrogen-bond donors (Lipinski definition) is 1.